The largest absolute Gasteiger partial charge is 0.489 e. The third-order valence-electron chi connectivity index (χ3n) is 7.69. The molecule has 1 amide bonds. The van der Waals surface area contributed by atoms with E-state index in [-0.39, 0.29) is 16.8 Å². The van der Waals surface area contributed by atoms with Crippen molar-refractivity contribution in [1.82, 2.24) is 35.2 Å². The van der Waals surface area contributed by atoms with Crippen LogP contribution in [0.2, 0.25) is 5.02 Å². The van der Waals surface area contributed by atoms with E-state index in [0.29, 0.717) is 79.6 Å². The Labute approximate surface area is 251 Å². The number of carbonyl (C=O) groups excluding carboxylic acids is 1. The number of halogens is 2. The molecular formula is C29H29ClFN9O3. The highest BCUT2D eigenvalue weighted by molar-refractivity contribution is 6.33. The molecule has 43 heavy (non-hydrogen) atoms. The van der Waals surface area contributed by atoms with E-state index in [0.717, 1.165) is 18.8 Å². The zero-order chi connectivity index (χ0) is 30.0. The van der Waals surface area contributed by atoms with E-state index >= 15 is 0 Å². The Morgan fingerprint density at radius 1 is 1.26 bits per heavy atom. The number of pyridine rings is 2. The van der Waals surface area contributed by atoms with Crippen molar-refractivity contribution in [2.75, 3.05) is 44.3 Å². The molecule has 1 unspecified atom stereocenters. The molecule has 6 rings (SSSR count). The summed E-state index contributed by atoms with van der Waals surface area (Å²) in [6.07, 6.45) is 8.83. The van der Waals surface area contributed by atoms with Gasteiger partial charge in [0.1, 0.15) is 41.9 Å². The minimum atomic E-state index is -0.600. The van der Waals surface area contributed by atoms with Gasteiger partial charge >= 0.3 is 0 Å². The zero-order valence-corrected chi connectivity index (χ0v) is 24.1. The molecule has 222 valence electrons. The summed E-state index contributed by atoms with van der Waals surface area (Å²) in [4.78, 5) is 28.1. The number of aromatic nitrogens is 5. The predicted octanol–water partition coefficient (Wildman–Crippen LogP) is 3.01. The van der Waals surface area contributed by atoms with E-state index < -0.39 is 17.3 Å². The van der Waals surface area contributed by atoms with Gasteiger partial charge in [0, 0.05) is 37.3 Å². The van der Waals surface area contributed by atoms with Crippen LogP contribution in [-0.2, 0) is 4.74 Å². The number of nitrogens with zero attached hydrogens (tertiary/aromatic N) is 7. The number of ether oxygens (including phenoxy) is 2. The first-order chi connectivity index (χ1) is 20.8. The molecular weight excluding hydrogens is 577 g/mol. The predicted molar refractivity (Wildman–Crippen MR) is 156 cm³/mol. The number of rotatable bonds is 7. The maximum absolute atomic E-state index is 13.3. The van der Waals surface area contributed by atoms with Crippen molar-refractivity contribution in [2.24, 2.45) is 0 Å². The molecule has 4 aromatic rings. The molecule has 2 aliphatic heterocycles. The summed E-state index contributed by atoms with van der Waals surface area (Å²) in [7, 11) is 0. The van der Waals surface area contributed by atoms with Crippen molar-refractivity contribution < 1.29 is 18.7 Å². The molecule has 0 aromatic carbocycles. The first-order valence-electron chi connectivity index (χ1n) is 13.9. The number of fused-ring (bicyclic) bond motifs is 1. The Morgan fingerprint density at radius 2 is 2.09 bits per heavy atom. The number of hydrogen-bond acceptors (Lipinski definition) is 10. The lowest BCUT2D eigenvalue weighted by Gasteiger charge is -2.40. The molecule has 0 bridgehead atoms. The lowest BCUT2D eigenvalue weighted by atomic mass is 9.89. The summed E-state index contributed by atoms with van der Waals surface area (Å²) in [5.41, 5.74) is 1.78. The number of hydrogen-bond donors (Lipinski definition) is 2. The van der Waals surface area contributed by atoms with E-state index in [1.807, 2.05) is 13.0 Å². The number of carbonyl (C=O) groups is 1. The lowest BCUT2D eigenvalue weighted by molar-refractivity contribution is 0.000107. The van der Waals surface area contributed by atoms with Crippen molar-refractivity contribution in [3.05, 3.63) is 65.2 Å². The van der Waals surface area contributed by atoms with Crippen LogP contribution in [0, 0.1) is 17.1 Å². The molecule has 4 aromatic heterocycles. The van der Waals surface area contributed by atoms with Gasteiger partial charge in [-0.15, -0.1) is 0 Å². The summed E-state index contributed by atoms with van der Waals surface area (Å²) in [6.45, 7) is 5.76. The normalized spacial score (nSPS) is 18.3. The van der Waals surface area contributed by atoms with Crippen molar-refractivity contribution in [1.29, 1.82) is 5.26 Å². The highest BCUT2D eigenvalue weighted by Gasteiger charge is 2.33. The van der Waals surface area contributed by atoms with Gasteiger partial charge in [0.05, 0.1) is 59.4 Å². The van der Waals surface area contributed by atoms with E-state index in [4.69, 9.17) is 26.1 Å². The summed E-state index contributed by atoms with van der Waals surface area (Å²) < 4.78 is 26.7. The number of amides is 1. The van der Waals surface area contributed by atoms with Crippen LogP contribution >= 0.6 is 11.6 Å². The highest BCUT2D eigenvalue weighted by Crippen LogP contribution is 2.31. The maximum atomic E-state index is 13.3. The summed E-state index contributed by atoms with van der Waals surface area (Å²) in [5, 5.41) is 20.3. The second-order valence-electron chi connectivity index (χ2n) is 10.8. The molecule has 2 aliphatic rings. The molecule has 14 heteroatoms. The van der Waals surface area contributed by atoms with Gasteiger partial charge in [0.25, 0.3) is 5.91 Å². The molecule has 1 atom stereocenters. The Bertz CT molecular complexity index is 1680. The molecule has 12 nitrogen and oxygen atoms in total. The van der Waals surface area contributed by atoms with Gasteiger partial charge in [-0.1, -0.05) is 11.6 Å². The fourth-order valence-corrected chi connectivity index (χ4v) is 5.50. The van der Waals surface area contributed by atoms with Crippen molar-refractivity contribution in [2.45, 2.75) is 31.4 Å². The first kappa shape index (κ1) is 28.7. The second kappa shape index (κ2) is 12.1. The standard InChI is InChI=1S/C29H29ClFN9O3/c1-29(38-28(41)26-23(30)8-19(31)12-36-26)2-5-39(6-3-29)25-15-34-24(14-35-25)22-9-20(43-17-21-13-33-4-7-42-21)16-40-27(22)18(10-32)11-37-40/h8-9,11-12,14-16,21,33H,2-7,13,17H2,1H3,(H,38,41). The van der Waals surface area contributed by atoms with Gasteiger partial charge < -0.3 is 25.0 Å². The highest BCUT2D eigenvalue weighted by atomic mass is 35.5. The Balaban J connectivity index is 1.15. The molecule has 0 radical (unpaired) electrons. The van der Waals surface area contributed by atoms with Crippen LogP contribution in [0.3, 0.4) is 0 Å². The quantitative estimate of drug-likeness (QED) is 0.323. The SMILES string of the molecule is CC1(NC(=O)c2ncc(F)cc2Cl)CCN(c2cnc(-c3cc(OCC4CNCCO4)cn4ncc(C#N)c34)cn2)CC1. The Hall–Kier alpha value is -4.38. The third-order valence-corrected chi connectivity index (χ3v) is 7.98. The minimum Gasteiger partial charge on any atom is -0.489 e. The molecule has 0 spiro atoms. The zero-order valence-electron chi connectivity index (χ0n) is 23.4. The van der Waals surface area contributed by atoms with Crippen LogP contribution in [0.25, 0.3) is 16.8 Å². The van der Waals surface area contributed by atoms with Gasteiger partial charge in [0.2, 0.25) is 0 Å². The van der Waals surface area contributed by atoms with E-state index in [1.54, 1.807) is 23.1 Å². The van der Waals surface area contributed by atoms with E-state index in [1.165, 1.54) is 6.20 Å². The van der Waals surface area contributed by atoms with Crippen LogP contribution in [0.1, 0.15) is 35.8 Å². The Morgan fingerprint density at radius 3 is 2.79 bits per heavy atom. The molecule has 2 saturated heterocycles. The van der Waals surface area contributed by atoms with Crippen molar-refractivity contribution >= 4 is 28.8 Å². The average molecular weight is 606 g/mol. The molecule has 2 fully saturated rings. The summed E-state index contributed by atoms with van der Waals surface area (Å²) in [5.74, 6) is 0.225. The van der Waals surface area contributed by atoms with Gasteiger partial charge in [-0.05, 0) is 31.9 Å². The molecule has 0 saturated carbocycles. The monoisotopic (exact) mass is 605 g/mol. The average Bonchev–Trinajstić information content (AvgIpc) is 3.43. The second-order valence-corrected chi connectivity index (χ2v) is 11.2. The van der Waals surface area contributed by atoms with Gasteiger partial charge in [-0.25, -0.2) is 18.9 Å². The fraction of sp³-hybridized carbons (Fsp3) is 0.379. The van der Waals surface area contributed by atoms with Crippen LogP contribution < -0.4 is 20.3 Å². The topological polar surface area (TPSA) is 143 Å². The Kier molecular flexibility index (Phi) is 8.07. The lowest BCUT2D eigenvalue weighted by Crippen LogP contribution is -2.53. The maximum Gasteiger partial charge on any atom is 0.271 e. The summed E-state index contributed by atoms with van der Waals surface area (Å²) >= 11 is 6.03. The smallest absolute Gasteiger partial charge is 0.271 e. The summed E-state index contributed by atoms with van der Waals surface area (Å²) in [6, 6.07) is 5.11. The number of nitrogens with one attached hydrogen (secondary N) is 2. The van der Waals surface area contributed by atoms with Gasteiger partial charge in [-0.3, -0.25) is 9.78 Å². The van der Waals surface area contributed by atoms with Crippen LogP contribution in [0.4, 0.5) is 10.2 Å². The van der Waals surface area contributed by atoms with Crippen LogP contribution in [0.5, 0.6) is 5.75 Å². The molecule has 0 aliphatic carbocycles. The van der Waals surface area contributed by atoms with Crippen molar-refractivity contribution in [3.8, 4) is 23.1 Å². The number of piperidine rings is 1. The molecule has 2 N–H and O–H groups in total. The minimum absolute atomic E-state index is 0.00572. The molecule has 6 heterocycles. The van der Waals surface area contributed by atoms with Gasteiger partial charge in [-0.2, -0.15) is 10.4 Å². The number of anilines is 1. The van der Waals surface area contributed by atoms with Crippen molar-refractivity contribution in [3.63, 3.8) is 0 Å². The first-order valence-corrected chi connectivity index (χ1v) is 14.3. The number of nitriles is 1. The van der Waals surface area contributed by atoms with Crippen LogP contribution in [0.15, 0.2) is 43.1 Å². The fourth-order valence-electron chi connectivity index (χ4n) is 5.26. The van der Waals surface area contributed by atoms with E-state index in [9.17, 15) is 14.4 Å². The van der Waals surface area contributed by atoms with Crippen LogP contribution in [-0.4, -0.2) is 81.5 Å². The third kappa shape index (κ3) is 6.22. The number of morpholine rings is 1. The van der Waals surface area contributed by atoms with Gasteiger partial charge in [0.15, 0.2) is 0 Å². The van der Waals surface area contributed by atoms with E-state index in [2.05, 4.69) is 36.7 Å².